The second-order valence-electron chi connectivity index (χ2n) is 4.29. The second-order valence-corrected chi connectivity index (χ2v) is 5.78. The summed E-state index contributed by atoms with van der Waals surface area (Å²) in [5.74, 6) is 1.58. The Morgan fingerprint density at radius 2 is 2.00 bits per heavy atom. The van der Waals surface area contributed by atoms with Gasteiger partial charge >= 0.3 is 0 Å². The molecular weight excluding hydrogens is 373 g/mol. The predicted molar refractivity (Wildman–Crippen MR) is 88.8 cm³/mol. The zero-order valence-electron chi connectivity index (χ0n) is 11.1. The lowest BCUT2D eigenvalue weighted by molar-refractivity contribution is 1.06. The third-order valence-corrected chi connectivity index (χ3v) is 4.49. The van der Waals surface area contributed by atoms with Crippen LogP contribution in [0.5, 0.6) is 0 Å². The first-order chi connectivity index (χ1) is 9.02. The molecule has 3 nitrogen and oxygen atoms in total. The van der Waals surface area contributed by atoms with Gasteiger partial charge in [0.05, 0.1) is 9.26 Å². The lowest BCUT2D eigenvalue weighted by Gasteiger charge is -2.10. The van der Waals surface area contributed by atoms with Gasteiger partial charge in [-0.25, -0.2) is 9.97 Å². The minimum Gasteiger partial charge on any atom is -0.369 e. The van der Waals surface area contributed by atoms with Crippen molar-refractivity contribution in [3.05, 3.63) is 38.0 Å². The molecule has 0 unspecified atom stereocenters. The Balaban J connectivity index is 2.52. The number of hydrogen-bond acceptors (Lipinski definition) is 3. The summed E-state index contributed by atoms with van der Waals surface area (Å²) in [6.07, 6.45) is 0. The van der Waals surface area contributed by atoms with E-state index in [4.69, 9.17) is 11.6 Å². The van der Waals surface area contributed by atoms with Gasteiger partial charge in [0, 0.05) is 17.1 Å². The summed E-state index contributed by atoms with van der Waals surface area (Å²) in [6.45, 7) is 6.86. The van der Waals surface area contributed by atoms with Gasteiger partial charge in [-0.05, 0) is 55.0 Å². The fourth-order valence-corrected chi connectivity index (χ4v) is 2.32. The standard InChI is InChI=1S/C14H15ClIN3/c1-4-17-14-12(16)9(3)18-13(19-14)10-6-5-8(2)11(15)7-10/h5-7H,4H2,1-3H3,(H,17,18,19). The SMILES string of the molecule is CCNc1nc(-c2ccc(C)c(Cl)c2)nc(C)c1I. The van der Waals surface area contributed by atoms with Crippen LogP contribution in [-0.2, 0) is 0 Å². The molecule has 2 aromatic rings. The van der Waals surface area contributed by atoms with Gasteiger partial charge in [-0.15, -0.1) is 0 Å². The molecule has 5 heteroatoms. The molecule has 1 aromatic heterocycles. The third-order valence-electron chi connectivity index (χ3n) is 2.79. The zero-order valence-corrected chi connectivity index (χ0v) is 14.0. The fraction of sp³-hybridized carbons (Fsp3) is 0.286. The highest BCUT2D eigenvalue weighted by Crippen LogP contribution is 2.26. The number of halogens is 2. The van der Waals surface area contributed by atoms with E-state index in [9.17, 15) is 0 Å². The van der Waals surface area contributed by atoms with Gasteiger partial charge in [-0.3, -0.25) is 0 Å². The molecule has 0 radical (unpaired) electrons. The molecule has 1 N–H and O–H groups in total. The Kier molecular flexibility index (Phi) is 4.62. The quantitative estimate of drug-likeness (QED) is 0.791. The molecule has 1 heterocycles. The van der Waals surface area contributed by atoms with E-state index in [0.717, 1.165) is 37.8 Å². The zero-order chi connectivity index (χ0) is 14.0. The van der Waals surface area contributed by atoms with Gasteiger partial charge in [0.1, 0.15) is 5.82 Å². The van der Waals surface area contributed by atoms with E-state index >= 15 is 0 Å². The summed E-state index contributed by atoms with van der Waals surface area (Å²) in [5, 5.41) is 4.00. The smallest absolute Gasteiger partial charge is 0.161 e. The minimum atomic E-state index is 0.704. The lowest BCUT2D eigenvalue weighted by Crippen LogP contribution is -2.06. The minimum absolute atomic E-state index is 0.704. The van der Waals surface area contributed by atoms with Gasteiger partial charge in [0.15, 0.2) is 5.82 Å². The van der Waals surface area contributed by atoms with Crippen LogP contribution in [0.4, 0.5) is 5.82 Å². The van der Waals surface area contributed by atoms with Crippen molar-refractivity contribution in [2.75, 3.05) is 11.9 Å². The Morgan fingerprint density at radius 1 is 1.26 bits per heavy atom. The maximum Gasteiger partial charge on any atom is 0.161 e. The first-order valence-electron chi connectivity index (χ1n) is 6.07. The third kappa shape index (κ3) is 3.17. The highest BCUT2D eigenvalue weighted by atomic mass is 127. The highest BCUT2D eigenvalue weighted by molar-refractivity contribution is 14.1. The van der Waals surface area contributed by atoms with Crippen LogP contribution < -0.4 is 5.32 Å². The maximum atomic E-state index is 6.16. The molecule has 0 aliphatic carbocycles. The van der Waals surface area contributed by atoms with E-state index in [1.54, 1.807) is 0 Å². The van der Waals surface area contributed by atoms with Crippen molar-refractivity contribution in [3.63, 3.8) is 0 Å². The molecule has 100 valence electrons. The molecule has 19 heavy (non-hydrogen) atoms. The van der Waals surface area contributed by atoms with E-state index in [0.29, 0.717) is 5.82 Å². The van der Waals surface area contributed by atoms with Crippen molar-refractivity contribution < 1.29 is 0 Å². The number of anilines is 1. The van der Waals surface area contributed by atoms with E-state index in [1.807, 2.05) is 32.0 Å². The Bertz CT molecular complexity index is 614. The van der Waals surface area contributed by atoms with Crippen LogP contribution in [0.15, 0.2) is 18.2 Å². The fourth-order valence-electron chi connectivity index (χ4n) is 1.70. The van der Waals surface area contributed by atoms with Crippen LogP contribution in [-0.4, -0.2) is 16.5 Å². The van der Waals surface area contributed by atoms with Gasteiger partial charge in [0.25, 0.3) is 0 Å². The number of nitrogens with zero attached hydrogens (tertiary/aromatic N) is 2. The molecule has 1 aromatic carbocycles. The van der Waals surface area contributed by atoms with E-state index in [2.05, 4.69) is 44.8 Å². The first-order valence-corrected chi connectivity index (χ1v) is 7.53. The molecule has 0 aliphatic rings. The van der Waals surface area contributed by atoms with Crippen LogP contribution in [0, 0.1) is 17.4 Å². The normalized spacial score (nSPS) is 10.6. The summed E-state index contributed by atoms with van der Waals surface area (Å²) < 4.78 is 1.06. The van der Waals surface area contributed by atoms with Crippen molar-refractivity contribution in [1.82, 2.24) is 9.97 Å². The molecule has 0 bridgehead atoms. The van der Waals surface area contributed by atoms with Crippen LogP contribution in [0.25, 0.3) is 11.4 Å². The summed E-state index contributed by atoms with van der Waals surface area (Å²) in [6, 6.07) is 5.90. The lowest BCUT2D eigenvalue weighted by atomic mass is 10.1. The topological polar surface area (TPSA) is 37.8 Å². The average molecular weight is 388 g/mol. The number of benzene rings is 1. The molecule has 0 saturated carbocycles. The molecule has 0 fully saturated rings. The van der Waals surface area contributed by atoms with Crippen molar-refractivity contribution in [2.45, 2.75) is 20.8 Å². The van der Waals surface area contributed by atoms with Crippen molar-refractivity contribution >= 4 is 40.0 Å². The number of hydrogen-bond donors (Lipinski definition) is 1. The second kappa shape index (κ2) is 6.05. The van der Waals surface area contributed by atoms with Crippen molar-refractivity contribution in [2.24, 2.45) is 0 Å². The van der Waals surface area contributed by atoms with E-state index in [1.165, 1.54) is 0 Å². The summed E-state index contributed by atoms with van der Waals surface area (Å²) in [7, 11) is 0. The largest absolute Gasteiger partial charge is 0.369 e. The number of aromatic nitrogens is 2. The summed E-state index contributed by atoms with van der Waals surface area (Å²) >= 11 is 8.43. The van der Waals surface area contributed by atoms with Gasteiger partial charge < -0.3 is 5.32 Å². The summed E-state index contributed by atoms with van der Waals surface area (Å²) in [5.41, 5.74) is 2.96. The van der Waals surface area contributed by atoms with Gasteiger partial charge in [0.2, 0.25) is 0 Å². The number of aryl methyl sites for hydroxylation is 2. The molecule has 0 spiro atoms. The van der Waals surface area contributed by atoms with Crippen LogP contribution in [0.2, 0.25) is 5.02 Å². The molecular formula is C14H15ClIN3. The monoisotopic (exact) mass is 387 g/mol. The Hall–Kier alpha value is -0.880. The van der Waals surface area contributed by atoms with Gasteiger partial charge in [-0.1, -0.05) is 23.7 Å². The number of rotatable bonds is 3. The highest BCUT2D eigenvalue weighted by Gasteiger charge is 2.11. The van der Waals surface area contributed by atoms with Crippen LogP contribution >= 0.6 is 34.2 Å². The van der Waals surface area contributed by atoms with E-state index in [-0.39, 0.29) is 0 Å². The molecule has 0 amide bonds. The summed E-state index contributed by atoms with van der Waals surface area (Å²) in [4.78, 5) is 9.11. The van der Waals surface area contributed by atoms with Crippen molar-refractivity contribution in [1.29, 1.82) is 0 Å². The molecule has 0 saturated heterocycles. The molecule has 2 rings (SSSR count). The van der Waals surface area contributed by atoms with Crippen LogP contribution in [0.1, 0.15) is 18.2 Å². The predicted octanol–water partition coefficient (Wildman–Crippen LogP) is 4.45. The average Bonchev–Trinajstić information content (AvgIpc) is 2.38. The van der Waals surface area contributed by atoms with E-state index < -0.39 is 0 Å². The molecule has 0 aliphatic heterocycles. The Labute approximate surface area is 132 Å². The maximum absolute atomic E-state index is 6.16. The number of nitrogens with one attached hydrogen (secondary N) is 1. The molecule has 0 atom stereocenters. The first kappa shape index (κ1) is 14.5. The van der Waals surface area contributed by atoms with Crippen LogP contribution in [0.3, 0.4) is 0 Å². The van der Waals surface area contributed by atoms with Gasteiger partial charge in [-0.2, -0.15) is 0 Å². The van der Waals surface area contributed by atoms with Crippen molar-refractivity contribution in [3.8, 4) is 11.4 Å². The Morgan fingerprint density at radius 3 is 2.63 bits per heavy atom.